The summed E-state index contributed by atoms with van der Waals surface area (Å²) in [6, 6.07) is 14.0. The van der Waals surface area contributed by atoms with E-state index in [4.69, 9.17) is 4.74 Å². The number of hydrogen-bond acceptors (Lipinski definition) is 4. The molecule has 6 nitrogen and oxygen atoms in total. The maximum atomic E-state index is 13.1. The van der Waals surface area contributed by atoms with Crippen LogP contribution < -0.4 is 9.62 Å². The molecule has 138 valence electrons. The van der Waals surface area contributed by atoms with E-state index in [2.05, 4.69) is 4.72 Å². The van der Waals surface area contributed by atoms with E-state index in [1.165, 1.54) is 19.2 Å². The summed E-state index contributed by atoms with van der Waals surface area (Å²) >= 11 is 0. The zero-order valence-electron chi connectivity index (χ0n) is 14.8. The molecular formula is C19H22N2O4S. The van der Waals surface area contributed by atoms with Crippen LogP contribution in [0.5, 0.6) is 0 Å². The van der Waals surface area contributed by atoms with Crippen molar-refractivity contribution in [2.45, 2.75) is 24.3 Å². The highest BCUT2D eigenvalue weighted by Gasteiger charge is 2.31. The van der Waals surface area contributed by atoms with Crippen LogP contribution in [0.15, 0.2) is 53.4 Å². The standard InChI is InChI=1S/C19H22N2O4S/c1-14-12-15-6-3-4-9-18(15)21(14)19(22)16-7-5-8-17(13-16)26(23,24)20-10-11-25-2/h3-9,13-14,20H,10-12H2,1-2H3. The lowest BCUT2D eigenvalue weighted by molar-refractivity contribution is 0.0981. The average Bonchev–Trinajstić information content (AvgIpc) is 2.97. The molecule has 0 aromatic heterocycles. The van der Waals surface area contributed by atoms with Crippen LogP contribution in [0.1, 0.15) is 22.8 Å². The molecule has 2 aromatic rings. The van der Waals surface area contributed by atoms with Crippen LogP contribution in [0, 0.1) is 0 Å². The molecule has 1 heterocycles. The van der Waals surface area contributed by atoms with E-state index in [1.807, 2.05) is 31.2 Å². The van der Waals surface area contributed by atoms with Gasteiger partial charge in [-0.05, 0) is 43.2 Å². The normalized spacial score (nSPS) is 16.5. The summed E-state index contributed by atoms with van der Waals surface area (Å²) in [5.74, 6) is -0.198. The van der Waals surface area contributed by atoms with Crippen molar-refractivity contribution in [3.63, 3.8) is 0 Å². The Hall–Kier alpha value is -2.22. The minimum Gasteiger partial charge on any atom is -0.383 e. The Kier molecular flexibility index (Phi) is 5.41. The van der Waals surface area contributed by atoms with Gasteiger partial charge in [-0.2, -0.15) is 0 Å². The number of hydrogen-bond donors (Lipinski definition) is 1. The summed E-state index contributed by atoms with van der Waals surface area (Å²) in [7, 11) is -2.18. The van der Waals surface area contributed by atoms with E-state index in [0.29, 0.717) is 5.56 Å². The summed E-state index contributed by atoms with van der Waals surface area (Å²) in [6.45, 7) is 2.44. The quantitative estimate of drug-likeness (QED) is 0.787. The molecule has 0 fully saturated rings. The summed E-state index contributed by atoms with van der Waals surface area (Å²) < 4.78 is 32.1. The lowest BCUT2D eigenvalue weighted by Crippen LogP contribution is -2.36. The molecule has 1 atom stereocenters. The molecule has 0 spiro atoms. The van der Waals surface area contributed by atoms with Crippen molar-refractivity contribution in [1.82, 2.24) is 4.72 Å². The van der Waals surface area contributed by atoms with Crippen molar-refractivity contribution in [3.8, 4) is 0 Å². The van der Waals surface area contributed by atoms with Gasteiger partial charge in [-0.1, -0.05) is 24.3 Å². The zero-order valence-corrected chi connectivity index (χ0v) is 15.6. The van der Waals surface area contributed by atoms with Gasteiger partial charge in [0.2, 0.25) is 10.0 Å². The first kappa shape index (κ1) is 18.6. The van der Waals surface area contributed by atoms with Gasteiger partial charge >= 0.3 is 0 Å². The Balaban J connectivity index is 1.88. The molecule has 0 saturated heterocycles. The van der Waals surface area contributed by atoms with Crippen molar-refractivity contribution >= 4 is 21.6 Å². The minimum atomic E-state index is -3.69. The van der Waals surface area contributed by atoms with E-state index >= 15 is 0 Å². The number of sulfonamides is 1. The highest BCUT2D eigenvalue weighted by Crippen LogP contribution is 2.33. The molecule has 1 aliphatic rings. The largest absolute Gasteiger partial charge is 0.383 e. The minimum absolute atomic E-state index is 0.0278. The second-order valence-electron chi connectivity index (χ2n) is 6.28. The third-order valence-corrected chi connectivity index (χ3v) is 5.87. The van der Waals surface area contributed by atoms with Gasteiger partial charge < -0.3 is 9.64 Å². The summed E-state index contributed by atoms with van der Waals surface area (Å²) in [5, 5.41) is 0. The van der Waals surface area contributed by atoms with E-state index in [1.54, 1.807) is 17.0 Å². The van der Waals surface area contributed by atoms with E-state index in [9.17, 15) is 13.2 Å². The molecule has 1 unspecified atom stereocenters. The van der Waals surface area contributed by atoms with Crippen LogP contribution in [0.2, 0.25) is 0 Å². The molecule has 7 heteroatoms. The summed E-state index contributed by atoms with van der Waals surface area (Å²) in [6.07, 6.45) is 0.790. The Labute approximate surface area is 153 Å². The van der Waals surface area contributed by atoms with Crippen molar-refractivity contribution in [1.29, 1.82) is 0 Å². The number of carbonyl (C=O) groups excluding carboxylic acids is 1. The number of fused-ring (bicyclic) bond motifs is 1. The molecule has 26 heavy (non-hydrogen) atoms. The first-order chi connectivity index (χ1) is 12.4. The number of para-hydroxylation sites is 1. The zero-order chi connectivity index (χ0) is 18.7. The van der Waals surface area contributed by atoms with Gasteiger partial charge in [0, 0.05) is 30.9 Å². The lowest BCUT2D eigenvalue weighted by Gasteiger charge is -2.23. The fourth-order valence-corrected chi connectivity index (χ4v) is 4.23. The molecule has 2 aromatic carbocycles. The Bertz CT molecular complexity index is 911. The maximum Gasteiger partial charge on any atom is 0.258 e. The van der Waals surface area contributed by atoms with E-state index in [0.717, 1.165) is 17.7 Å². The monoisotopic (exact) mass is 374 g/mol. The third-order valence-electron chi connectivity index (χ3n) is 4.42. The molecule has 0 bridgehead atoms. The second kappa shape index (κ2) is 7.57. The molecule has 0 saturated carbocycles. The summed E-state index contributed by atoms with van der Waals surface area (Å²) in [4.78, 5) is 14.9. The predicted molar refractivity (Wildman–Crippen MR) is 99.9 cm³/mol. The number of anilines is 1. The van der Waals surface area contributed by atoms with E-state index in [-0.39, 0.29) is 30.0 Å². The average molecular weight is 374 g/mol. The first-order valence-corrected chi connectivity index (χ1v) is 9.92. The molecule has 1 N–H and O–H groups in total. The Morgan fingerprint density at radius 3 is 2.77 bits per heavy atom. The molecule has 0 radical (unpaired) electrons. The third kappa shape index (κ3) is 3.65. The highest BCUT2D eigenvalue weighted by molar-refractivity contribution is 7.89. The van der Waals surface area contributed by atoms with Crippen molar-refractivity contribution < 1.29 is 17.9 Å². The van der Waals surface area contributed by atoms with Crippen molar-refractivity contribution in [3.05, 3.63) is 59.7 Å². The maximum absolute atomic E-state index is 13.1. The van der Waals surface area contributed by atoms with Gasteiger partial charge in [0.15, 0.2) is 0 Å². The number of rotatable bonds is 6. The number of nitrogens with zero attached hydrogens (tertiary/aromatic N) is 1. The molecule has 3 rings (SSSR count). The second-order valence-corrected chi connectivity index (χ2v) is 8.04. The van der Waals surface area contributed by atoms with Crippen LogP contribution in [-0.4, -0.2) is 40.6 Å². The first-order valence-electron chi connectivity index (χ1n) is 8.44. The van der Waals surface area contributed by atoms with E-state index < -0.39 is 10.0 Å². The SMILES string of the molecule is COCCNS(=O)(=O)c1cccc(C(=O)N2c3ccccc3CC2C)c1. The fraction of sp³-hybridized carbons (Fsp3) is 0.316. The smallest absolute Gasteiger partial charge is 0.258 e. The molecule has 1 amide bonds. The number of methoxy groups -OCH3 is 1. The van der Waals surface area contributed by atoms with Crippen molar-refractivity contribution in [2.24, 2.45) is 0 Å². The van der Waals surface area contributed by atoms with Gasteiger partial charge in [-0.15, -0.1) is 0 Å². The number of amides is 1. The van der Waals surface area contributed by atoms with Crippen LogP contribution >= 0.6 is 0 Å². The lowest BCUT2D eigenvalue weighted by atomic mass is 10.1. The van der Waals surface area contributed by atoms with Crippen LogP contribution in [0.25, 0.3) is 0 Å². The van der Waals surface area contributed by atoms with Crippen LogP contribution in [0.4, 0.5) is 5.69 Å². The van der Waals surface area contributed by atoms with Crippen LogP contribution in [0.3, 0.4) is 0 Å². The number of ether oxygens (including phenoxy) is 1. The van der Waals surface area contributed by atoms with Gasteiger partial charge in [-0.25, -0.2) is 13.1 Å². The molecule has 0 aliphatic carbocycles. The van der Waals surface area contributed by atoms with Crippen molar-refractivity contribution in [2.75, 3.05) is 25.2 Å². The molecular weight excluding hydrogens is 352 g/mol. The highest BCUT2D eigenvalue weighted by atomic mass is 32.2. The summed E-state index contributed by atoms with van der Waals surface area (Å²) in [5.41, 5.74) is 2.36. The number of carbonyl (C=O) groups is 1. The topological polar surface area (TPSA) is 75.7 Å². The van der Waals surface area contributed by atoms with Gasteiger partial charge in [0.25, 0.3) is 5.91 Å². The predicted octanol–water partition coefficient (Wildman–Crippen LogP) is 2.20. The van der Waals surface area contributed by atoms with Gasteiger partial charge in [0.05, 0.1) is 11.5 Å². The Morgan fingerprint density at radius 1 is 1.23 bits per heavy atom. The number of benzene rings is 2. The number of nitrogens with one attached hydrogen (secondary N) is 1. The fourth-order valence-electron chi connectivity index (χ4n) is 3.17. The van der Waals surface area contributed by atoms with Gasteiger partial charge in [-0.3, -0.25) is 4.79 Å². The van der Waals surface area contributed by atoms with Gasteiger partial charge in [0.1, 0.15) is 0 Å². The Morgan fingerprint density at radius 2 is 2.00 bits per heavy atom. The van der Waals surface area contributed by atoms with Crippen LogP contribution in [-0.2, 0) is 21.2 Å². The molecule has 1 aliphatic heterocycles.